The molecule has 0 amide bonds. The van der Waals surface area contributed by atoms with Gasteiger partial charge in [0.1, 0.15) is 17.3 Å². The van der Waals surface area contributed by atoms with Gasteiger partial charge in [0.05, 0.1) is 24.1 Å². The first-order chi connectivity index (χ1) is 12.3. The number of benzene rings is 1. The molecule has 148 valence electrons. The van der Waals surface area contributed by atoms with Crippen LogP contribution in [0.1, 0.15) is 36.7 Å². The Balaban J connectivity index is 3.56. The van der Waals surface area contributed by atoms with Gasteiger partial charge in [-0.25, -0.2) is 8.78 Å². The molecule has 0 heterocycles. The average Bonchev–Trinajstić information content (AvgIpc) is 2.57. The standard InChI is InChI=1S/C16H18F3N3O5/c1-7-10(17)9(13(22(25)26)12(19)11(7)18)14(23)8(15(24)27-5)6-20-21-16(2,3)4/h8H,6H2,1-5H3. The quantitative estimate of drug-likeness (QED) is 0.140. The number of ketones is 1. The van der Waals surface area contributed by atoms with E-state index in [2.05, 4.69) is 15.0 Å². The molecule has 1 rings (SSSR count). The third-order valence-corrected chi connectivity index (χ3v) is 3.38. The number of nitro benzene ring substituents is 1. The maximum Gasteiger partial charge on any atom is 0.321 e. The van der Waals surface area contributed by atoms with E-state index in [1.165, 1.54) is 0 Å². The molecule has 0 radical (unpaired) electrons. The van der Waals surface area contributed by atoms with E-state index in [9.17, 15) is 32.9 Å². The number of nitro groups is 1. The third kappa shape index (κ3) is 4.86. The number of Topliss-reactive ketones (excluding diaryl/α,β-unsaturated/α-hetero) is 1. The number of azo groups is 1. The molecule has 1 unspecified atom stereocenters. The van der Waals surface area contributed by atoms with Crippen molar-refractivity contribution in [2.24, 2.45) is 16.1 Å². The van der Waals surface area contributed by atoms with E-state index in [1.807, 2.05) is 0 Å². The summed E-state index contributed by atoms with van der Waals surface area (Å²) in [5.74, 6) is -9.88. The maximum absolute atomic E-state index is 14.4. The summed E-state index contributed by atoms with van der Waals surface area (Å²) >= 11 is 0. The Morgan fingerprint density at radius 1 is 1.19 bits per heavy atom. The smallest absolute Gasteiger partial charge is 0.321 e. The first kappa shape index (κ1) is 22.2. The summed E-state index contributed by atoms with van der Waals surface area (Å²) in [4.78, 5) is 34.2. The van der Waals surface area contributed by atoms with Crippen LogP contribution in [-0.2, 0) is 9.53 Å². The zero-order valence-corrected chi connectivity index (χ0v) is 15.3. The second-order valence-corrected chi connectivity index (χ2v) is 6.58. The first-order valence-corrected chi connectivity index (χ1v) is 7.65. The molecule has 27 heavy (non-hydrogen) atoms. The minimum Gasteiger partial charge on any atom is -0.468 e. The van der Waals surface area contributed by atoms with Gasteiger partial charge in [0.2, 0.25) is 5.82 Å². The van der Waals surface area contributed by atoms with Gasteiger partial charge in [-0.3, -0.25) is 19.7 Å². The van der Waals surface area contributed by atoms with Gasteiger partial charge < -0.3 is 4.74 Å². The van der Waals surface area contributed by atoms with E-state index in [0.29, 0.717) is 0 Å². The fourth-order valence-electron chi connectivity index (χ4n) is 2.08. The number of ether oxygens (including phenoxy) is 1. The minimum atomic E-state index is -2.00. The number of hydrogen-bond donors (Lipinski definition) is 0. The van der Waals surface area contributed by atoms with E-state index in [-0.39, 0.29) is 0 Å². The van der Waals surface area contributed by atoms with Crippen molar-refractivity contribution in [1.82, 2.24) is 0 Å². The van der Waals surface area contributed by atoms with Crippen molar-refractivity contribution in [3.63, 3.8) is 0 Å². The molecule has 0 aliphatic rings. The minimum absolute atomic E-state index is 0.614. The van der Waals surface area contributed by atoms with Crippen molar-refractivity contribution in [2.45, 2.75) is 33.2 Å². The number of rotatable bonds is 6. The number of halogens is 3. The summed E-state index contributed by atoms with van der Waals surface area (Å²) in [6.45, 7) is 5.22. The molecule has 1 aromatic rings. The highest BCUT2D eigenvalue weighted by atomic mass is 19.2. The van der Waals surface area contributed by atoms with Gasteiger partial charge in [0, 0.05) is 5.56 Å². The lowest BCUT2D eigenvalue weighted by atomic mass is 9.94. The Bertz CT molecular complexity index is 819. The molecule has 11 heteroatoms. The Hall–Kier alpha value is -2.85. The second kappa shape index (κ2) is 8.23. The predicted molar refractivity (Wildman–Crippen MR) is 87.0 cm³/mol. The van der Waals surface area contributed by atoms with E-state index < -0.39 is 68.9 Å². The van der Waals surface area contributed by atoms with Crippen LogP contribution in [0.3, 0.4) is 0 Å². The van der Waals surface area contributed by atoms with Crippen LogP contribution in [0.2, 0.25) is 0 Å². The molecule has 1 aromatic carbocycles. The maximum atomic E-state index is 14.4. The molecule has 8 nitrogen and oxygen atoms in total. The molecule has 0 spiro atoms. The van der Waals surface area contributed by atoms with E-state index in [0.717, 1.165) is 14.0 Å². The Kier molecular flexibility index (Phi) is 6.76. The van der Waals surface area contributed by atoms with Gasteiger partial charge >= 0.3 is 11.7 Å². The fraction of sp³-hybridized carbons (Fsp3) is 0.500. The van der Waals surface area contributed by atoms with Crippen LogP contribution in [0.15, 0.2) is 10.2 Å². The number of nitrogens with zero attached hydrogens (tertiary/aromatic N) is 3. The lowest BCUT2D eigenvalue weighted by Crippen LogP contribution is -2.30. The zero-order chi connectivity index (χ0) is 21.1. The summed E-state index contributed by atoms with van der Waals surface area (Å²) in [5, 5.41) is 18.6. The third-order valence-electron chi connectivity index (χ3n) is 3.38. The van der Waals surface area contributed by atoms with Crippen LogP contribution < -0.4 is 0 Å². The van der Waals surface area contributed by atoms with Crippen LogP contribution in [0, 0.1) is 40.4 Å². The molecule has 0 fully saturated rings. The van der Waals surface area contributed by atoms with Crippen molar-refractivity contribution in [3.05, 3.63) is 38.7 Å². The second-order valence-electron chi connectivity index (χ2n) is 6.58. The highest BCUT2D eigenvalue weighted by Crippen LogP contribution is 2.32. The van der Waals surface area contributed by atoms with Gasteiger partial charge in [-0.1, -0.05) is 0 Å². The van der Waals surface area contributed by atoms with Crippen LogP contribution >= 0.6 is 0 Å². The normalized spacial score (nSPS) is 12.9. The monoisotopic (exact) mass is 389 g/mol. The van der Waals surface area contributed by atoms with Gasteiger partial charge in [0.15, 0.2) is 11.6 Å². The van der Waals surface area contributed by atoms with E-state index in [1.54, 1.807) is 20.8 Å². The van der Waals surface area contributed by atoms with Crippen LogP contribution in [0.5, 0.6) is 0 Å². The lowest BCUT2D eigenvalue weighted by molar-refractivity contribution is -0.388. The molecular formula is C16H18F3N3O5. The largest absolute Gasteiger partial charge is 0.468 e. The molecule has 0 saturated heterocycles. The van der Waals surface area contributed by atoms with Crippen molar-refractivity contribution in [3.8, 4) is 0 Å². The Morgan fingerprint density at radius 3 is 2.19 bits per heavy atom. The fourth-order valence-corrected chi connectivity index (χ4v) is 2.08. The van der Waals surface area contributed by atoms with Crippen molar-refractivity contribution < 1.29 is 32.4 Å². The molecule has 0 aliphatic carbocycles. The highest BCUT2D eigenvalue weighted by molar-refractivity contribution is 6.11. The number of methoxy groups -OCH3 is 1. The SMILES string of the molecule is COC(=O)C(CN=NC(C)(C)C)C(=O)c1c(F)c(C)c(F)c(F)c1[N+](=O)[O-]. The van der Waals surface area contributed by atoms with Crippen LogP contribution in [0.4, 0.5) is 18.9 Å². The van der Waals surface area contributed by atoms with E-state index >= 15 is 0 Å². The van der Waals surface area contributed by atoms with Gasteiger partial charge in [-0.2, -0.15) is 14.6 Å². The van der Waals surface area contributed by atoms with Crippen molar-refractivity contribution in [2.75, 3.05) is 13.7 Å². The van der Waals surface area contributed by atoms with Gasteiger partial charge in [-0.05, 0) is 27.7 Å². The molecule has 0 bridgehead atoms. The van der Waals surface area contributed by atoms with Crippen LogP contribution in [0.25, 0.3) is 0 Å². The van der Waals surface area contributed by atoms with Gasteiger partial charge in [-0.15, -0.1) is 0 Å². The lowest BCUT2D eigenvalue weighted by Gasteiger charge is -2.15. The molecule has 0 aliphatic heterocycles. The summed E-state index contributed by atoms with van der Waals surface area (Å²) in [5.41, 5.74) is -4.62. The highest BCUT2D eigenvalue weighted by Gasteiger charge is 2.40. The zero-order valence-electron chi connectivity index (χ0n) is 15.3. The molecule has 1 atom stereocenters. The van der Waals surface area contributed by atoms with Crippen molar-refractivity contribution in [1.29, 1.82) is 0 Å². The van der Waals surface area contributed by atoms with Gasteiger partial charge in [0.25, 0.3) is 0 Å². The molecular weight excluding hydrogens is 371 g/mol. The topological polar surface area (TPSA) is 111 Å². The number of hydrogen-bond acceptors (Lipinski definition) is 7. The summed E-state index contributed by atoms with van der Waals surface area (Å²) < 4.78 is 46.5. The Morgan fingerprint density at radius 2 is 1.74 bits per heavy atom. The van der Waals surface area contributed by atoms with Crippen LogP contribution in [-0.4, -0.2) is 35.9 Å². The van der Waals surface area contributed by atoms with Crippen molar-refractivity contribution >= 4 is 17.4 Å². The molecule has 0 saturated carbocycles. The number of carbonyl (C=O) groups is 2. The predicted octanol–water partition coefficient (Wildman–Crippen LogP) is 3.54. The van der Waals surface area contributed by atoms with E-state index in [4.69, 9.17) is 0 Å². The summed E-state index contributed by atoms with van der Waals surface area (Å²) in [6.07, 6.45) is 0. The summed E-state index contributed by atoms with van der Waals surface area (Å²) in [7, 11) is 0.935. The first-order valence-electron chi connectivity index (χ1n) is 7.65. The number of esters is 1. The number of carbonyl (C=O) groups excluding carboxylic acids is 2. The summed E-state index contributed by atoms with van der Waals surface area (Å²) in [6, 6.07) is 0. The molecule has 0 aromatic heterocycles. The average molecular weight is 389 g/mol. The molecule has 0 N–H and O–H groups in total. The Labute approximate surface area is 152 Å².